The van der Waals surface area contributed by atoms with Crippen molar-refractivity contribution in [3.8, 4) is 0 Å². The minimum Gasteiger partial charge on any atom is -0.405 e. The van der Waals surface area contributed by atoms with Crippen LogP contribution in [0.3, 0.4) is 0 Å². The van der Waals surface area contributed by atoms with E-state index >= 15 is 0 Å². The van der Waals surface area contributed by atoms with Gasteiger partial charge in [0.15, 0.2) is 5.54 Å². The van der Waals surface area contributed by atoms with Crippen molar-refractivity contribution in [3.05, 3.63) is 144 Å². The highest BCUT2D eigenvalue weighted by Gasteiger charge is 2.71. The molecule has 3 nitrogen and oxygen atoms in total. The standard InChI is InChI=1S/C31H23NO2/c1-30(29(33)34-28(32-30)24-18-10-4-11-19-24)31(25-20-12-5-13-21-25)26(22-14-6-2-7-15-22)27(31)23-16-8-3-9-17-23/h2-21H,1H3. The van der Waals surface area contributed by atoms with Gasteiger partial charge in [-0.25, -0.2) is 9.79 Å². The van der Waals surface area contributed by atoms with Gasteiger partial charge in [-0.2, -0.15) is 0 Å². The van der Waals surface area contributed by atoms with Crippen LogP contribution in [0.25, 0.3) is 11.1 Å². The first-order valence-electron chi connectivity index (χ1n) is 11.5. The molecule has 3 heteroatoms. The van der Waals surface area contributed by atoms with Gasteiger partial charge in [0, 0.05) is 5.56 Å². The van der Waals surface area contributed by atoms with Gasteiger partial charge < -0.3 is 4.74 Å². The van der Waals surface area contributed by atoms with E-state index in [9.17, 15) is 4.79 Å². The summed E-state index contributed by atoms with van der Waals surface area (Å²) in [5.74, 6) is 0.0321. The molecule has 1 unspecified atom stereocenters. The second kappa shape index (κ2) is 7.67. The second-order valence-corrected chi connectivity index (χ2v) is 8.84. The lowest BCUT2D eigenvalue weighted by Crippen LogP contribution is -2.46. The summed E-state index contributed by atoms with van der Waals surface area (Å²) in [6, 6.07) is 40.4. The maximum absolute atomic E-state index is 13.7. The fraction of sp³-hybridized carbons (Fsp3) is 0.0968. The van der Waals surface area contributed by atoms with E-state index in [2.05, 4.69) is 36.4 Å². The van der Waals surface area contributed by atoms with Crippen LogP contribution in [-0.4, -0.2) is 17.4 Å². The number of ether oxygens (including phenoxy) is 1. The molecule has 0 N–H and O–H groups in total. The van der Waals surface area contributed by atoms with Gasteiger partial charge in [0.1, 0.15) is 0 Å². The summed E-state index contributed by atoms with van der Waals surface area (Å²) in [6.07, 6.45) is 0. The van der Waals surface area contributed by atoms with Crippen LogP contribution >= 0.6 is 0 Å². The predicted molar refractivity (Wildman–Crippen MR) is 135 cm³/mol. The van der Waals surface area contributed by atoms with Crippen LogP contribution in [0.2, 0.25) is 0 Å². The highest BCUT2D eigenvalue weighted by atomic mass is 16.6. The summed E-state index contributed by atoms with van der Waals surface area (Å²) in [5, 5.41) is 0. The molecule has 1 heterocycles. The van der Waals surface area contributed by atoms with Crippen LogP contribution in [0.15, 0.2) is 126 Å². The van der Waals surface area contributed by atoms with Gasteiger partial charge in [-0.3, -0.25) is 0 Å². The van der Waals surface area contributed by atoms with Crippen LogP contribution in [0.4, 0.5) is 0 Å². The lowest BCUT2D eigenvalue weighted by molar-refractivity contribution is -0.139. The average Bonchev–Trinajstić information content (AvgIpc) is 3.53. The molecule has 0 saturated heterocycles. The molecule has 34 heavy (non-hydrogen) atoms. The van der Waals surface area contributed by atoms with Crippen molar-refractivity contribution in [2.24, 2.45) is 4.99 Å². The van der Waals surface area contributed by atoms with Crippen molar-refractivity contribution >= 4 is 23.0 Å². The Balaban J connectivity index is 1.62. The highest BCUT2D eigenvalue weighted by Crippen LogP contribution is 2.70. The molecule has 0 amide bonds. The number of carbonyl (C=O) groups excluding carboxylic acids is 1. The van der Waals surface area contributed by atoms with E-state index in [0.29, 0.717) is 5.90 Å². The first-order chi connectivity index (χ1) is 16.7. The van der Waals surface area contributed by atoms with Crippen LogP contribution in [0, 0.1) is 0 Å². The zero-order chi connectivity index (χ0) is 23.2. The Bertz CT molecular complexity index is 1370. The van der Waals surface area contributed by atoms with E-state index < -0.39 is 11.0 Å². The van der Waals surface area contributed by atoms with Gasteiger partial charge in [0.05, 0.1) is 5.41 Å². The second-order valence-electron chi connectivity index (χ2n) is 8.84. The molecular formula is C31H23NO2. The molecule has 1 atom stereocenters. The number of carbonyl (C=O) groups is 1. The molecule has 0 radical (unpaired) electrons. The molecular weight excluding hydrogens is 418 g/mol. The number of cyclic esters (lactones) is 1. The molecule has 0 aromatic heterocycles. The number of rotatable bonds is 5. The third-order valence-electron chi connectivity index (χ3n) is 6.93. The number of benzene rings is 4. The van der Waals surface area contributed by atoms with Crippen LogP contribution < -0.4 is 0 Å². The minimum atomic E-state index is -1.16. The van der Waals surface area contributed by atoms with E-state index in [1.807, 2.05) is 91.9 Å². The third-order valence-corrected chi connectivity index (χ3v) is 6.93. The molecule has 2 aliphatic rings. The van der Waals surface area contributed by atoms with Gasteiger partial charge >= 0.3 is 5.97 Å². The normalized spacial score (nSPS) is 20.6. The SMILES string of the molecule is CC1(C2(c3ccccc3)C(c3ccccc3)=C2c2ccccc2)N=C(c2ccccc2)OC1=O. The Kier molecular flexibility index (Phi) is 4.59. The Morgan fingerprint density at radius 2 is 1.00 bits per heavy atom. The first-order valence-corrected chi connectivity index (χ1v) is 11.5. The van der Waals surface area contributed by atoms with E-state index in [-0.39, 0.29) is 5.97 Å². The lowest BCUT2D eigenvalue weighted by Gasteiger charge is -2.33. The van der Waals surface area contributed by atoms with E-state index in [1.54, 1.807) is 0 Å². The van der Waals surface area contributed by atoms with Crippen molar-refractivity contribution in [1.82, 2.24) is 0 Å². The summed E-state index contributed by atoms with van der Waals surface area (Å²) in [4.78, 5) is 18.8. The smallest absolute Gasteiger partial charge is 0.342 e. The van der Waals surface area contributed by atoms with E-state index in [1.165, 1.54) is 0 Å². The van der Waals surface area contributed by atoms with Gasteiger partial charge in [0.25, 0.3) is 0 Å². The molecule has 0 saturated carbocycles. The molecule has 164 valence electrons. The van der Waals surface area contributed by atoms with Gasteiger partial charge in [-0.15, -0.1) is 0 Å². The number of hydrogen-bond acceptors (Lipinski definition) is 3. The summed E-state index contributed by atoms with van der Waals surface area (Å²) >= 11 is 0. The topological polar surface area (TPSA) is 38.7 Å². The van der Waals surface area contributed by atoms with E-state index in [0.717, 1.165) is 33.4 Å². The van der Waals surface area contributed by atoms with Crippen LogP contribution in [-0.2, 0) is 14.9 Å². The molecule has 1 aliphatic heterocycles. The Hall–Kier alpha value is -4.24. The summed E-state index contributed by atoms with van der Waals surface area (Å²) in [7, 11) is 0. The Morgan fingerprint density at radius 1 is 0.588 bits per heavy atom. The minimum absolute atomic E-state index is 0.338. The largest absolute Gasteiger partial charge is 0.405 e. The zero-order valence-corrected chi connectivity index (χ0v) is 18.8. The predicted octanol–water partition coefficient (Wildman–Crippen LogP) is 6.31. The van der Waals surface area contributed by atoms with Crippen LogP contribution in [0.5, 0.6) is 0 Å². The molecule has 0 spiro atoms. The number of esters is 1. The van der Waals surface area contributed by atoms with Gasteiger partial charge in [-0.1, -0.05) is 109 Å². The first kappa shape index (κ1) is 20.4. The Morgan fingerprint density at radius 3 is 1.47 bits per heavy atom. The summed E-state index contributed by atoms with van der Waals surface area (Å²) in [5.41, 5.74) is 4.33. The number of nitrogens with zero attached hydrogens (tertiary/aromatic N) is 1. The fourth-order valence-electron chi connectivity index (χ4n) is 5.36. The van der Waals surface area contributed by atoms with Crippen LogP contribution in [0.1, 0.15) is 29.2 Å². The Labute approximate surface area is 199 Å². The lowest BCUT2D eigenvalue weighted by atomic mass is 9.70. The highest BCUT2D eigenvalue weighted by molar-refractivity contribution is 6.25. The van der Waals surface area contributed by atoms with Crippen molar-refractivity contribution in [2.75, 3.05) is 0 Å². The zero-order valence-electron chi connectivity index (χ0n) is 18.8. The number of hydrogen-bond donors (Lipinski definition) is 0. The summed E-state index contributed by atoms with van der Waals surface area (Å²) < 4.78 is 5.86. The third kappa shape index (κ3) is 2.83. The average molecular weight is 442 g/mol. The van der Waals surface area contributed by atoms with Crippen molar-refractivity contribution < 1.29 is 9.53 Å². The summed E-state index contributed by atoms with van der Waals surface area (Å²) in [6.45, 7) is 1.91. The molecule has 6 rings (SSSR count). The fourth-order valence-corrected chi connectivity index (χ4v) is 5.36. The quantitative estimate of drug-likeness (QED) is 0.340. The van der Waals surface area contributed by atoms with Crippen molar-refractivity contribution in [3.63, 3.8) is 0 Å². The maximum Gasteiger partial charge on any atom is 0.342 e. The molecule has 0 bridgehead atoms. The van der Waals surface area contributed by atoms with Gasteiger partial charge in [0.2, 0.25) is 5.90 Å². The molecule has 4 aromatic carbocycles. The van der Waals surface area contributed by atoms with Crippen molar-refractivity contribution in [1.29, 1.82) is 0 Å². The van der Waals surface area contributed by atoms with Gasteiger partial charge in [-0.05, 0) is 46.9 Å². The molecule has 0 fully saturated rings. The molecule has 4 aromatic rings. The monoisotopic (exact) mass is 441 g/mol. The van der Waals surface area contributed by atoms with Crippen molar-refractivity contribution in [2.45, 2.75) is 17.9 Å². The maximum atomic E-state index is 13.7. The molecule has 1 aliphatic carbocycles. The number of aliphatic imine (C=N–C) groups is 1. The van der Waals surface area contributed by atoms with E-state index in [4.69, 9.17) is 9.73 Å².